The predicted octanol–water partition coefficient (Wildman–Crippen LogP) is 3.75. The Kier molecular flexibility index (Phi) is 8.61. The standard InChI is InChI=1S/C28H50N4O2/c1-21(2)19-24-26(33)32(18-12-29-24)25(20-22(3)4)27(34)31-14-6-23(7-15-31)5-13-30-16-10-28(8-9-28)11-17-30/h21-25,29H,5-20H2,1-4H3/t24-,25?/m0/s1. The Bertz CT molecular complexity index is 687. The van der Waals surface area contributed by atoms with Crippen LogP contribution in [-0.2, 0) is 9.59 Å². The highest BCUT2D eigenvalue weighted by atomic mass is 16.2. The lowest BCUT2D eigenvalue weighted by Gasteiger charge is -2.42. The van der Waals surface area contributed by atoms with Crippen molar-refractivity contribution in [3.63, 3.8) is 0 Å². The molecule has 1 N–H and O–H groups in total. The average molecular weight is 475 g/mol. The molecule has 0 bridgehead atoms. The van der Waals surface area contributed by atoms with Gasteiger partial charge in [-0.15, -0.1) is 0 Å². The van der Waals surface area contributed by atoms with E-state index in [4.69, 9.17) is 0 Å². The molecule has 2 amide bonds. The molecule has 0 aromatic heterocycles. The van der Waals surface area contributed by atoms with Gasteiger partial charge in [-0.2, -0.15) is 0 Å². The summed E-state index contributed by atoms with van der Waals surface area (Å²) in [5.74, 6) is 1.90. The van der Waals surface area contributed by atoms with Gasteiger partial charge in [0.05, 0.1) is 6.04 Å². The van der Waals surface area contributed by atoms with Crippen molar-refractivity contribution in [3.8, 4) is 0 Å². The van der Waals surface area contributed by atoms with E-state index in [2.05, 4.69) is 42.8 Å². The first-order valence-corrected chi connectivity index (χ1v) is 14.3. The molecule has 3 saturated heterocycles. The van der Waals surface area contributed by atoms with Crippen molar-refractivity contribution in [2.45, 2.75) is 97.6 Å². The summed E-state index contributed by atoms with van der Waals surface area (Å²) in [6, 6.07) is -0.449. The molecule has 194 valence electrons. The summed E-state index contributed by atoms with van der Waals surface area (Å²) in [6.07, 6.45) is 10.9. The van der Waals surface area contributed by atoms with Crippen molar-refractivity contribution in [3.05, 3.63) is 0 Å². The van der Waals surface area contributed by atoms with Crippen molar-refractivity contribution < 1.29 is 9.59 Å². The Hall–Kier alpha value is -1.14. The first kappa shape index (κ1) is 25.9. The van der Waals surface area contributed by atoms with Crippen LogP contribution >= 0.6 is 0 Å². The SMILES string of the molecule is CC(C)CC(C(=O)N1CCC(CCN2CCC3(CC2)CC3)CC1)N1CCN[C@@H](CC(C)C)C1=O. The van der Waals surface area contributed by atoms with Crippen LogP contribution in [0.25, 0.3) is 0 Å². The second-order valence-electron chi connectivity index (χ2n) is 12.7. The molecule has 0 aromatic carbocycles. The number of nitrogens with one attached hydrogen (secondary N) is 1. The van der Waals surface area contributed by atoms with Crippen molar-refractivity contribution in [2.75, 3.05) is 45.8 Å². The molecule has 3 aliphatic heterocycles. The molecular weight excluding hydrogens is 424 g/mol. The third-order valence-corrected chi connectivity index (χ3v) is 9.04. The van der Waals surface area contributed by atoms with Crippen LogP contribution in [0.3, 0.4) is 0 Å². The number of hydrogen-bond acceptors (Lipinski definition) is 4. The van der Waals surface area contributed by atoms with Gasteiger partial charge in [-0.25, -0.2) is 0 Å². The summed E-state index contributed by atoms with van der Waals surface area (Å²) in [5, 5.41) is 3.39. The molecule has 4 fully saturated rings. The van der Waals surface area contributed by atoms with E-state index in [-0.39, 0.29) is 23.9 Å². The highest BCUT2D eigenvalue weighted by Crippen LogP contribution is 2.53. The number of piperidine rings is 2. The topological polar surface area (TPSA) is 55.9 Å². The molecule has 4 rings (SSSR count). The van der Waals surface area contributed by atoms with Crippen LogP contribution in [0.2, 0.25) is 0 Å². The fraction of sp³-hybridized carbons (Fsp3) is 0.929. The van der Waals surface area contributed by atoms with Crippen LogP contribution in [0.5, 0.6) is 0 Å². The third kappa shape index (κ3) is 6.54. The summed E-state index contributed by atoms with van der Waals surface area (Å²) >= 11 is 0. The van der Waals surface area contributed by atoms with Crippen LogP contribution in [0.15, 0.2) is 0 Å². The van der Waals surface area contributed by atoms with E-state index < -0.39 is 0 Å². The van der Waals surface area contributed by atoms with Crippen LogP contribution in [0, 0.1) is 23.2 Å². The largest absolute Gasteiger partial charge is 0.341 e. The summed E-state index contributed by atoms with van der Waals surface area (Å²) in [6.45, 7) is 15.6. The van der Waals surface area contributed by atoms with Crippen LogP contribution in [0.4, 0.5) is 0 Å². The maximum atomic E-state index is 13.7. The average Bonchev–Trinajstić information content (AvgIpc) is 3.57. The van der Waals surface area contributed by atoms with E-state index in [1.54, 1.807) is 0 Å². The zero-order chi connectivity index (χ0) is 24.3. The molecule has 34 heavy (non-hydrogen) atoms. The zero-order valence-corrected chi connectivity index (χ0v) is 22.4. The normalized spacial score (nSPS) is 27.1. The second kappa shape index (κ2) is 11.3. The fourth-order valence-electron chi connectivity index (χ4n) is 6.48. The molecule has 1 spiro atoms. The van der Waals surface area contributed by atoms with Gasteiger partial charge < -0.3 is 20.0 Å². The number of nitrogens with zero attached hydrogens (tertiary/aromatic N) is 3. The number of carbonyl (C=O) groups excluding carboxylic acids is 2. The Balaban J connectivity index is 1.27. The molecule has 6 nitrogen and oxygen atoms in total. The van der Waals surface area contributed by atoms with Gasteiger partial charge >= 0.3 is 0 Å². The molecule has 1 aliphatic carbocycles. The maximum absolute atomic E-state index is 13.7. The van der Waals surface area contributed by atoms with Gasteiger partial charge in [0.1, 0.15) is 6.04 Å². The number of amides is 2. The highest BCUT2D eigenvalue weighted by Gasteiger charge is 2.44. The van der Waals surface area contributed by atoms with Crippen molar-refractivity contribution in [2.24, 2.45) is 23.2 Å². The monoisotopic (exact) mass is 474 g/mol. The zero-order valence-electron chi connectivity index (χ0n) is 22.4. The number of hydrogen-bond donors (Lipinski definition) is 1. The molecule has 0 radical (unpaired) electrons. The second-order valence-corrected chi connectivity index (χ2v) is 12.7. The summed E-state index contributed by atoms with van der Waals surface area (Å²) < 4.78 is 0. The first-order valence-electron chi connectivity index (χ1n) is 14.3. The van der Waals surface area contributed by atoms with E-state index in [0.717, 1.165) is 56.7 Å². The Morgan fingerprint density at radius 3 is 2.24 bits per heavy atom. The Labute approximate surface area is 208 Å². The van der Waals surface area contributed by atoms with E-state index in [1.807, 2.05) is 4.90 Å². The minimum absolute atomic E-state index is 0.128. The molecule has 1 unspecified atom stereocenters. The maximum Gasteiger partial charge on any atom is 0.245 e. The lowest BCUT2D eigenvalue weighted by Crippen LogP contribution is -2.62. The number of rotatable bonds is 9. The van der Waals surface area contributed by atoms with Crippen molar-refractivity contribution in [1.82, 2.24) is 20.0 Å². The van der Waals surface area contributed by atoms with Gasteiger partial charge in [0, 0.05) is 26.2 Å². The Morgan fingerprint density at radius 2 is 1.65 bits per heavy atom. The van der Waals surface area contributed by atoms with E-state index in [1.165, 1.54) is 51.7 Å². The smallest absolute Gasteiger partial charge is 0.245 e. The summed E-state index contributed by atoms with van der Waals surface area (Å²) in [5.41, 5.74) is 0.759. The van der Waals surface area contributed by atoms with Gasteiger partial charge in [0.25, 0.3) is 0 Å². The lowest BCUT2D eigenvalue weighted by molar-refractivity contribution is -0.150. The molecule has 2 atom stereocenters. The number of likely N-dealkylation sites (tertiary alicyclic amines) is 2. The van der Waals surface area contributed by atoms with Gasteiger partial charge in [0.15, 0.2) is 0 Å². The molecule has 6 heteroatoms. The summed E-state index contributed by atoms with van der Waals surface area (Å²) in [4.78, 5) is 33.7. The van der Waals surface area contributed by atoms with Crippen molar-refractivity contribution >= 4 is 11.8 Å². The predicted molar refractivity (Wildman–Crippen MR) is 137 cm³/mol. The van der Waals surface area contributed by atoms with Crippen LogP contribution in [0.1, 0.15) is 85.5 Å². The van der Waals surface area contributed by atoms with Crippen LogP contribution < -0.4 is 5.32 Å². The molecule has 3 heterocycles. The molecular formula is C28H50N4O2. The fourth-order valence-corrected chi connectivity index (χ4v) is 6.48. The molecule has 1 saturated carbocycles. The van der Waals surface area contributed by atoms with Gasteiger partial charge in [-0.05, 0) is 101 Å². The summed E-state index contributed by atoms with van der Waals surface area (Å²) in [7, 11) is 0. The van der Waals surface area contributed by atoms with Gasteiger partial charge in [-0.3, -0.25) is 9.59 Å². The van der Waals surface area contributed by atoms with E-state index in [9.17, 15) is 9.59 Å². The number of piperazine rings is 1. The quantitative estimate of drug-likeness (QED) is 0.553. The van der Waals surface area contributed by atoms with Crippen LogP contribution in [-0.4, -0.2) is 84.4 Å². The molecule has 4 aliphatic rings. The minimum Gasteiger partial charge on any atom is -0.341 e. The number of carbonyl (C=O) groups is 2. The third-order valence-electron chi connectivity index (χ3n) is 9.04. The minimum atomic E-state index is -0.302. The van der Waals surface area contributed by atoms with E-state index >= 15 is 0 Å². The van der Waals surface area contributed by atoms with Gasteiger partial charge in [-0.1, -0.05) is 27.7 Å². The first-order chi connectivity index (χ1) is 16.3. The van der Waals surface area contributed by atoms with Crippen molar-refractivity contribution in [1.29, 1.82) is 0 Å². The highest BCUT2D eigenvalue weighted by molar-refractivity contribution is 5.90. The Morgan fingerprint density at radius 1 is 0.971 bits per heavy atom. The lowest BCUT2D eigenvalue weighted by atomic mass is 9.90. The molecule has 0 aromatic rings. The van der Waals surface area contributed by atoms with E-state index in [0.29, 0.717) is 18.4 Å². The van der Waals surface area contributed by atoms with Gasteiger partial charge in [0.2, 0.25) is 11.8 Å².